The van der Waals surface area contributed by atoms with Gasteiger partial charge in [-0.25, -0.2) is 9.59 Å². The van der Waals surface area contributed by atoms with E-state index in [0.717, 1.165) is 34.4 Å². The summed E-state index contributed by atoms with van der Waals surface area (Å²) in [6, 6.07) is 5.76. The maximum absolute atomic E-state index is 12.3. The van der Waals surface area contributed by atoms with Crippen LogP contribution in [-0.4, -0.2) is 11.9 Å². The number of benzene rings is 1. The first-order valence-corrected chi connectivity index (χ1v) is 9.80. The van der Waals surface area contributed by atoms with Crippen molar-refractivity contribution in [1.29, 1.82) is 0 Å². The molecule has 2 aliphatic rings. The van der Waals surface area contributed by atoms with Crippen molar-refractivity contribution in [3.8, 4) is 5.75 Å². The highest BCUT2D eigenvalue weighted by molar-refractivity contribution is 7.10. The summed E-state index contributed by atoms with van der Waals surface area (Å²) in [6.45, 7) is 7.82. The molecule has 0 bridgehead atoms. The van der Waals surface area contributed by atoms with E-state index in [-0.39, 0.29) is 18.0 Å². The van der Waals surface area contributed by atoms with Gasteiger partial charge in [0.25, 0.3) is 0 Å². The maximum atomic E-state index is 12.3. The number of hydrogen-bond donors (Lipinski definition) is 0. The first-order chi connectivity index (χ1) is 13.0. The number of fused-ring (bicyclic) bond motifs is 3. The van der Waals surface area contributed by atoms with E-state index >= 15 is 0 Å². The lowest BCUT2D eigenvalue weighted by atomic mass is 9.76. The molecule has 1 aromatic heterocycles. The van der Waals surface area contributed by atoms with Gasteiger partial charge in [0.15, 0.2) is 0 Å². The molecule has 1 aromatic carbocycles. The zero-order valence-corrected chi connectivity index (χ0v) is 16.1. The van der Waals surface area contributed by atoms with Gasteiger partial charge in [-0.1, -0.05) is 12.6 Å². The van der Waals surface area contributed by atoms with Crippen LogP contribution in [0.4, 0.5) is 0 Å². The molecule has 1 aliphatic heterocycles. The number of hydrogen-bond acceptors (Lipinski definition) is 5. The SMILES string of the molecule is C=C1C(=O)O[C@H]2c3c(C)c(OC(=O)/C=C/c4cccs4)cc(C)c3CC[C@@H]12. The lowest BCUT2D eigenvalue weighted by molar-refractivity contribution is -0.139. The van der Waals surface area contributed by atoms with Crippen molar-refractivity contribution in [2.45, 2.75) is 32.8 Å². The smallest absolute Gasteiger partial charge is 0.336 e. The van der Waals surface area contributed by atoms with Crippen LogP contribution >= 0.6 is 11.3 Å². The van der Waals surface area contributed by atoms with Crippen LogP contribution in [0.5, 0.6) is 5.75 Å². The summed E-state index contributed by atoms with van der Waals surface area (Å²) in [5.41, 5.74) is 4.61. The van der Waals surface area contributed by atoms with E-state index in [0.29, 0.717) is 11.3 Å². The van der Waals surface area contributed by atoms with E-state index < -0.39 is 5.97 Å². The predicted molar refractivity (Wildman–Crippen MR) is 105 cm³/mol. The molecular formula is C22H20O4S. The molecule has 1 fully saturated rings. The fourth-order valence-corrected chi connectivity index (χ4v) is 4.58. The Kier molecular flexibility index (Phi) is 4.48. The Morgan fingerprint density at radius 1 is 1.41 bits per heavy atom. The third-order valence-corrected chi connectivity index (χ3v) is 6.20. The lowest BCUT2D eigenvalue weighted by Crippen LogP contribution is -2.21. The van der Waals surface area contributed by atoms with Crippen molar-refractivity contribution in [3.63, 3.8) is 0 Å². The number of esters is 2. The molecule has 0 N–H and O–H groups in total. The van der Waals surface area contributed by atoms with Crippen LogP contribution < -0.4 is 4.74 Å². The Bertz CT molecular complexity index is 969. The number of carbonyl (C=O) groups excluding carboxylic acids is 2. The topological polar surface area (TPSA) is 52.6 Å². The van der Waals surface area contributed by atoms with E-state index in [1.165, 1.54) is 11.6 Å². The van der Waals surface area contributed by atoms with E-state index in [1.807, 2.05) is 37.4 Å². The summed E-state index contributed by atoms with van der Waals surface area (Å²) >= 11 is 1.55. The van der Waals surface area contributed by atoms with Crippen LogP contribution in [0.25, 0.3) is 6.08 Å². The van der Waals surface area contributed by atoms with Crippen LogP contribution in [0, 0.1) is 19.8 Å². The zero-order valence-electron chi connectivity index (χ0n) is 15.3. The molecule has 0 amide bonds. The standard InChI is InChI=1S/C22H20O4S/c1-12-11-18(25-19(23)9-6-15-5-4-10-27-15)14(3)20-16(12)7-8-17-13(2)22(24)26-21(17)20/h4-6,9-11,17,21H,2,7-8H2,1,3H3/b9-6+/t17-,21+/m0/s1. The van der Waals surface area contributed by atoms with Crippen molar-refractivity contribution < 1.29 is 19.1 Å². The number of rotatable bonds is 3. The van der Waals surface area contributed by atoms with Gasteiger partial charge in [-0.2, -0.15) is 0 Å². The largest absolute Gasteiger partial charge is 0.453 e. The average Bonchev–Trinajstić information content (AvgIpc) is 3.26. The summed E-state index contributed by atoms with van der Waals surface area (Å²) in [7, 11) is 0. The fourth-order valence-electron chi connectivity index (χ4n) is 3.96. The molecule has 2 atom stereocenters. The second-order valence-corrected chi connectivity index (χ2v) is 7.95. The first-order valence-electron chi connectivity index (χ1n) is 8.92. The molecule has 1 aliphatic carbocycles. The molecular weight excluding hydrogens is 360 g/mol. The Morgan fingerprint density at radius 2 is 2.22 bits per heavy atom. The molecule has 2 heterocycles. The Balaban J connectivity index is 1.65. The third-order valence-electron chi connectivity index (χ3n) is 5.36. The second kappa shape index (κ2) is 6.82. The van der Waals surface area contributed by atoms with E-state index in [2.05, 4.69) is 6.58 Å². The first kappa shape index (κ1) is 17.7. The molecule has 0 saturated carbocycles. The summed E-state index contributed by atoms with van der Waals surface area (Å²) in [6.07, 6.45) is 4.57. The number of aryl methyl sites for hydroxylation is 1. The minimum Gasteiger partial charge on any atom is -0.453 e. The van der Waals surface area contributed by atoms with Crippen molar-refractivity contribution >= 4 is 29.4 Å². The van der Waals surface area contributed by atoms with E-state index in [9.17, 15) is 9.59 Å². The maximum Gasteiger partial charge on any atom is 0.336 e. The van der Waals surface area contributed by atoms with Gasteiger partial charge in [-0.05, 0) is 67.0 Å². The van der Waals surface area contributed by atoms with Crippen LogP contribution in [0.15, 0.2) is 41.8 Å². The quantitative estimate of drug-likeness (QED) is 0.440. The highest BCUT2D eigenvalue weighted by atomic mass is 32.1. The summed E-state index contributed by atoms with van der Waals surface area (Å²) in [4.78, 5) is 25.2. The fraction of sp³-hybridized carbons (Fsp3) is 0.273. The van der Waals surface area contributed by atoms with Crippen LogP contribution in [0.1, 0.15) is 39.7 Å². The summed E-state index contributed by atoms with van der Waals surface area (Å²) < 4.78 is 11.2. The molecule has 2 aromatic rings. The molecule has 0 spiro atoms. The van der Waals surface area contributed by atoms with Crippen LogP contribution in [0.2, 0.25) is 0 Å². The molecule has 5 heteroatoms. The normalized spacial score (nSPS) is 21.1. The minimum absolute atomic E-state index is 0.00720. The van der Waals surface area contributed by atoms with E-state index in [1.54, 1.807) is 17.4 Å². The van der Waals surface area contributed by atoms with Crippen molar-refractivity contribution in [2.24, 2.45) is 5.92 Å². The second-order valence-electron chi connectivity index (χ2n) is 6.97. The minimum atomic E-state index is -0.425. The highest BCUT2D eigenvalue weighted by Crippen LogP contribution is 2.49. The van der Waals surface area contributed by atoms with Gasteiger partial charge in [0.1, 0.15) is 11.9 Å². The Labute approximate surface area is 162 Å². The summed E-state index contributed by atoms with van der Waals surface area (Å²) in [5, 5.41) is 1.95. The van der Waals surface area contributed by atoms with Crippen LogP contribution in [-0.2, 0) is 20.7 Å². The number of thiophene rings is 1. The monoisotopic (exact) mass is 380 g/mol. The molecule has 138 valence electrons. The average molecular weight is 380 g/mol. The van der Waals surface area contributed by atoms with Crippen molar-refractivity contribution in [3.05, 3.63) is 68.9 Å². The van der Waals surface area contributed by atoms with Gasteiger partial charge in [0, 0.05) is 28.0 Å². The van der Waals surface area contributed by atoms with Gasteiger partial charge in [-0.3, -0.25) is 0 Å². The van der Waals surface area contributed by atoms with Crippen molar-refractivity contribution in [1.82, 2.24) is 0 Å². The van der Waals surface area contributed by atoms with Gasteiger partial charge < -0.3 is 9.47 Å². The van der Waals surface area contributed by atoms with Gasteiger partial charge in [0.2, 0.25) is 0 Å². The predicted octanol–water partition coefficient (Wildman–Crippen LogP) is 4.70. The summed E-state index contributed by atoms with van der Waals surface area (Å²) in [5.74, 6) is -0.226. The Morgan fingerprint density at radius 3 is 2.96 bits per heavy atom. The van der Waals surface area contributed by atoms with Crippen LogP contribution in [0.3, 0.4) is 0 Å². The van der Waals surface area contributed by atoms with Crippen molar-refractivity contribution in [2.75, 3.05) is 0 Å². The molecule has 27 heavy (non-hydrogen) atoms. The van der Waals surface area contributed by atoms with Gasteiger partial charge in [-0.15, -0.1) is 11.3 Å². The third kappa shape index (κ3) is 3.12. The Hall–Kier alpha value is -2.66. The number of carbonyl (C=O) groups is 2. The highest BCUT2D eigenvalue weighted by Gasteiger charge is 2.44. The molecule has 1 saturated heterocycles. The zero-order chi connectivity index (χ0) is 19.1. The number of ether oxygens (including phenoxy) is 2. The van der Waals surface area contributed by atoms with Gasteiger partial charge in [0.05, 0.1) is 0 Å². The molecule has 0 radical (unpaired) electrons. The molecule has 4 nitrogen and oxygen atoms in total. The van der Waals surface area contributed by atoms with Gasteiger partial charge >= 0.3 is 11.9 Å². The molecule has 0 unspecified atom stereocenters. The molecule has 4 rings (SSSR count). The lowest BCUT2D eigenvalue weighted by Gasteiger charge is -2.30. The van der Waals surface area contributed by atoms with E-state index in [4.69, 9.17) is 9.47 Å².